The maximum Gasteiger partial charge on any atom is 0.0192 e. The van der Waals surface area contributed by atoms with E-state index in [4.69, 9.17) is 0 Å². The molecular weight excluding hydrogens is 112 g/mol. The molecule has 1 aliphatic heterocycles. The Balaban J connectivity index is 2.23. The van der Waals surface area contributed by atoms with Crippen LogP contribution in [0.5, 0.6) is 0 Å². The number of hydrogen-bond acceptors (Lipinski definition) is 2. The molecular formula is C7H16N2. The summed E-state index contributed by atoms with van der Waals surface area (Å²) < 4.78 is 0. The van der Waals surface area contributed by atoms with Crippen LogP contribution in [0.3, 0.4) is 0 Å². The number of nitrogens with one attached hydrogen (secondary N) is 2. The Labute approximate surface area is 57.0 Å². The van der Waals surface area contributed by atoms with Crippen LogP contribution in [-0.2, 0) is 0 Å². The second-order valence-corrected chi connectivity index (χ2v) is 2.98. The minimum atomic E-state index is 0.703. The molecule has 1 aliphatic rings. The molecule has 2 unspecified atom stereocenters. The monoisotopic (exact) mass is 128 g/mol. The van der Waals surface area contributed by atoms with E-state index >= 15 is 0 Å². The van der Waals surface area contributed by atoms with Gasteiger partial charge in [-0.1, -0.05) is 6.92 Å². The summed E-state index contributed by atoms with van der Waals surface area (Å²) in [4.78, 5) is 0. The van der Waals surface area contributed by atoms with Crippen LogP contribution < -0.4 is 10.6 Å². The molecule has 1 saturated heterocycles. The van der Waals surface area contributed by atoms with Gasteiger partial charge in [-0.25, -0.2) is 0 Å². The first-order valence-corrected chi connectivity index (χ1v) is 3.71. The Morgan fingerprint density at radius 1 is 1.44 bits per heavy atom. The minimum absolute atomic E-state index is 0.703. The number of rotatable bonds is 1. The average molecular weight is 128 g/mol. The molecule has 0 saturated carbocycles. The Bertz CT molecular complexity index is 83.0. The molecule has 0 amide bonds. The quantitative estimate of drug-likeness (QED) is 0.527. The summed E-state index contributed by atoms with van der Waals surface area (Å²) in [6, 6.07) is 0.703. The van der Waals surface area contributed by atoms with Gasteiger partial charge in [-0.05, 0) is 25.9 Å². The van der Waals surface area contributed by atoms with Crippen molar-refractivity contribution in [3.8, 4) is 0 Å². The standard InChI is InChI=1S/C7H16N2/c1-6-3-7(8-2)5-9-4-6/h6-9H,3-5H2,1-2H3. The van der Waals surface area contributed by atoms with E-state index in [0.29, 0.717) is 6.04 Å². The molecule has 2 atom stereocenters. The first-order chi connectivity index (χ1) is 4.33. The van der Waals surface area contributed by atoms with Crippen molar-refractivity contribution in [2.45, 2.75) is 19.4 Å². The smallest absolute Gasteiger partial charge is 0.0192 e. The van der Waals surface area contributed by atoms with Gasteiger partial charge in [0.1, 0.15) is 0 Å². The van der Waals surface area contributed by atoms with Crippen LogP contribution in [0.1, 0.15) is 13.3 Å². The molecule has 0 spiro atoms. The van der Waals surface area contributed by atoms with Gasteiger partial charge in [-0.15, -0.1) is 0 Å². The lowest BCUT2D eigenvalue weighted by atomic mass is 9.98. The zero-order chi connectivity index (χ0) is 6.69. The van der Waals surface area contributed by atoms with Crippen LogP contribution in [0.25, 0.3) is 0 Å². The van der Waals surface area contributed by atoms with Crippen molar-refractivity contribution in [2.75, 3.05) is 20.1 Å². The van der Waals surface area contributed by atoms with Gasteiger partial charge in [0.15, 0.2) is 0 Å². The molecule has 0 aromatic carbocycles. The Morgan fingerprint density at radius 2 is 2.22 bits per heavy atom. The van der Waals surface area contributed by atoms with E-state index < -0.39 is 0 Å². The van der Waals surface area contributed by atoms with Crippen LogP contribution in [-0.4, -0.2) is 26.2 Å². The molecule has 1 fully saturated rings. The molecule has 2 N–H and O–H groups in total. The Hall–Kier alpha value is -0.0800. The predicted octanol–water partition coefficient (Wildman–Crippen LogP) is 0.204. The highest BCUT2D eigenvalue weighted by Crippen LogP contribution is 2.07. The molecule has 0 aromatic heterocycles. The Kier molecular flexibility index (Phi) is 2.49. The van der Waals surface area contributed by atoms with Gasteiger partial charge in [0, 0.05) is 12.6 Å². The molecule has 0 bridgehead atoms. The van der Waals surface area contributed by atoms with E-state index in [2.05, 4.69) is 17.6 Å². The molecule has 9 heavy (non-hydrogen) atoms. The van der Waals surface area contributed by atoms with Gasteiger partial charge in [0.05, 0.1) is 0 Å². The van der Waals surface area contributed by atoms with E-state index in [1.165, 1.54) is 13.0 Å². The van der Waals surface area contributed by atoms with Crippen molar-refractivity contribution < 1.29 is 0 Å². The third kappa shape index (κ3) is 1.95. The fourth-order valence-electron chi connectivity index (χ4n) is 1.38. The summed E-state index contributed by atoms with van der Waals surface area (Å²) >= 11 is 0. The molecule has 1 heterocycles. The zero-order valence-corrected chi connectivity index (χ0v) is 6.28. The molecule has 0 radical (unpaired) electrons. The third-order valence-corrected chi connectivity index (χ3v) is 1.98. The van der Waals surface area contributed by atoms with E-state index in [9.17, 15) is 0 Å². The number of piperidine rings is 1. The fraction of sp³-hybridized carbons (Fsp3) is 1.00. The summed E-state index contributed by atoms with van der Waals surface area (Å²) in [6.45, 7) is 4.62. The normalized spacial score (nSPS) is 36.7. The van der Waals surface area contributed by atoms with Crippen molar-refractivity contribution in [1.82, 2.24) is 10.6 Å². The largest absolute Gasteiger partial charge is 0.316 e. The highest BCUT2D eigenvalue weighted by molar-refractivity contribution is 4.77. The first kappa shape index (κ1) is 7.03. The molecule has 0 aromatic rings. The lowest BCUT2D eigenvalue weighted by Crippen LogP contribution is -2.44. The highest BCUT2D eigenvalue weighted by Gasteiger charge is 2.15. The van der Waals surface area contributed by atoms with E-state index in [1.807, 2.05) is 7.05 Å². The van der Waals surface area contributed by atoms with E-state index in [0.717, 1.165) is 12.5 Å². The molecule has 2 nitrogen and oxygen atoms in total. The second-order valence-electron chi connectivity index (χ2n) is 2.98. The van der Waals surface area contributed by atoms with Crippen LogP contribution >= 0.6 is 0 Å². The second kappa shape index (κ2) is 3.18. The number of hydrogen-bond donors (Lipinski definition) is 2. The molecule has 54 valence electrons. The summed E-state index contributed by atoms with van der Waals surface area (Å²) in [5.74, 6) is 0.844. The first-order valence-electron chi connectivity index (χ1n) is 3.71. The zero-order valence-electron chi connectivity index (χ0n) is 6.28. The average Bonchev–Trinajstić information content (AvgIpc) is 1.88. The van der Waals surface area contributed by atoms with Crippen LogP contribution in [0, 0.1) is 5.92 Å². The minimum Gasteiger partial charge on any atom is -0.316 e. The summed E-state index contributed by atoms with van der Waals surface area (Å²) in [5.41, 5.74) is 0. The van der Waals surface area contributed by atoms with E-state index in [1.54, 1.807) is 0 Å². The Morgan fingerprint density at radius 3 is 2.67 bits per heavy atom. The fourth-order valence-corrected chi connectivity index (χ4v) is 1.38. The van der Waals surface area contributed by atoms with Gasteiger partial charge in [0.25, 0.3) is 0 Å². The predicted molar refractivity (Wildman–Crippen MR) is 39.5 cm³/mol. The topological polar surface area (TPSA) is 24.1 Å². The lowest BCUT2D eigenvalue weighted by Gasteiger charge is -2.27. The van der Waals surface area contributed by atoms with Gasteiger partial charge in [0.2, 0.25) is 0 Å². The van der Waals surface area contributed by atoms with Crippen molar-refractivity contribution in [2.24, 2.45) is 5.92 Å². The van der Waals surface area contributed by atoms with Crippen molar-refractivity contribution in [3.63, 3.8) is 0 Å². The van der Waals surface area contributed by atoms with Crippen molar-refractivity contribution >= 4 is 0 Å². The summed E-state index contributed by atoms with van der Waals surface area (Å²) in [7, 11) is 2.03. The van der Waals surface area contributed by atoms with Crippen LogP contribution in [0.15, 0.2) is 0 Å². The number of likely N-dealkylation sites (N-methyl/N-ethyl adjacent to an activating group) is 1. The van der Waals surface area contributed by atoms with Crippen LogP contribution in [0.4, 0.5) is 0 Å². The van der Waals surface area contributed by atoms with Gasteiger partial charge < -0.3 is 10.6 Å². The summed E-state index contributed by atoms with van der Waals surface area (Å²) in [5, 5.41) is 6.64. The molecule has 0 aliphatic carbocycles. The van der Waals surface area contributed by atoms with E-state index in [-0.39, 0.29) is 0 Å². The van der Waals surface area contributed by atoms with Gasteiger partial charge in [-0.3, -0.25) is 0 Å². The molecule has 1 rings (SSSR count). The van der Waals surface area contributed by atoms with Crippen molar-refractivity contribution in [1.29, 1.82) is 0 Å². The van der Waals surface area contributed by atoms with Gasteiger partial charge in [-0.2, -0.15) is 0 Å². The molecule has 2 heteroatoms. The maximum absolute atomic E-state index is 3.37. The lowest BCUT2D eigenvalue weighted by molar-refractivity contribution is 0.333. The van der Waals surface area contributed by atoms with Crippen molar-refractivity contribution in [3.05, 3.63) is 0 Å². The summed E-state index contributed by atoms with van der Waals surface area (Å²) in [6.07, 6.45) is 1.32. The maximum atomic E-state index is 3.37. The highest BCUT2D eigenvalue weighted by atomic mass is 15.0. The SMILES string of the molecule is CNC1CNCC(C)C1. The van der Waals surface area contributed by atoms with Crippen LogP contribution in [0.2, 0.25) is 0 Å². The van der Waals surface area contributed by atoms with Gasteiger partial charge >= 0.3 is 0 Å². The third-order valence-electron chi connectivity index (χ3n) is 1.98.